The lowest BCUT2D eigenvalue weighted by Crippen LogP contribution is -2.52. The highest BCUT2D eigenvalue weighted by Crippen LogP contribution is 2.17. The molecule has 1 rings (SSSR count). The van der Waals surface area contributed by atoms with Crippen LogP contribution in [0.3, 0.4) is 0 Å². The van der Waals surface area contributed by atoms with E-state index in [9.17, 15) is 4.79 Å². The zero-order valence-electron chi connectivity index (χ0n) is 7.51. The smallest absolute Gasteiger partial charge is 0.291 e. The molecule has 1 unspecified atom stereocenters. The third-order valence-electron chi connectivity index (χ3n) is 1.46. The number of hydrogen-bond donors (Lipinski definition) is 1. The lowest BCUT2D eigenvalue weighted by atomic mass is 10.3. The first-order chi connectivity index (χ1) is 5.56. The summed E-state index contributed by atoms with van der Waals surface area (Å²) in [6, 6.07) is 0. The van der Waals surface area contributed by atoms with Gasteiger partial charge < -0.3 is 9.47 Å². The highest BCUT2D eigenvalue weighted by atomic mass is 16.7. The summed E-state index contributed by atoms with van der Waals surface area (Å²) in [6.45, 7) is 5.72. The van der Waals surface area contributed by atoms with Gasteiger partial charge >= 0.3 is 0 Å². The number of amides is 1. The van der Waals surface area contributed by atoms with E-state index in [1.165, 1.54) is 6.08 Å². The van der Waals surface area contributed by atoms with E-state index in [0.29, 0.717) is 12.4 Å². The van der Waals surface area contributed by atoms with Gasteiger partial charge in [0.1, 0.15) is 5.76 Å². The third-order valence-corrected chi connectivity index (χ3v) is 1.46. The van der Waals surface area contributed by atoms with Crippen molar-refractivity contribution in [3.8, 4) is 0 Å². The molecule has 0 aromatic carbocycles. The molecule has 1 N–H and O–H groups in total. The van der Waals surface area contributed by atoms with E-state index < -0.39 is 5.91 Å². The van der Waals surface area contributed by atoms with Gasteiger partial charge in [0.15, 0.2) is 0 Å². The normalized spacial score (nSPS) is 28.9. The zero-order chi connectivity index (χ0) is 9.19. The van der Waals surface area contributed by atoms with Crippen molar-refractivity contribution >= 4 is 5.91 Å². The fraction of sp³-hybridized carbons (Fsp3) is 0.625. The molecule has 0 saturated carbocycles. The van der Waals surface area contributed by atoms with Crippen LogP contribution in [0.1, 0.15) is 20.8 Å². The maximum Gasteiger partial charge on any atom is 0.291 e. The number of rotatable bonds is 2. The summed E-state index contributed by atoms with van der Waals surface area (Å²) in [4.78, 5) is 11.0. The van der Waals surface area contributed by atoms with Gasteiger partial charge in [-0.3, -0.25) is 10.1 Å². The number of nitrogens with one attached hydrogen (secondary N) is 1. The molecule has 4 nitrogen and oxygen atoms in total. The van der Waals surface area contributed by atoms with Crippen LogP contribution in [0.25, 0.3) is 0 Å². The Morgan fingerprint density at radius 1 is 1.75 bits per heavy atom. The standard InChI is InChI=1S/C8H13NO3/c1-4-11-8(3)9-7(10)5-6(2)12-8/h5H,4H2,1-3H3,(H,9,10). The average molecular weight is 171 g/mol. The van der Waals surface area contributed by atoms with Crippen LogP contribution in [0.15, 0.2) is 11.8 Å². The molecule has 68 valence electrons. The van der Waals surface area contributed by atoms with Crippen LogP contribution >= 0.6 is 0 Å². The highest BCUT2D eigenvalue weighted by Gasteiger charge is 2.31. The minimum Gasteiger partial charge on any atom is -0.449 e. The Kier molecular flexibility index (Phi) is 2.38. The molecule has 0 fully saturated rings. The number of hydrogen-bond acceptors (Lipinski definition) is 3. The Bertz CT molecular complexity index is 224. The number of allylic oxidation sites excluding steroid dienone is 1. The van der Waals surface area contributed by atoms with Crippen molar-refractivity contribution in [2.24, 2.45) is 0 Å². The van der Waals surface area contributed by atoms with Crippen molar-refractivity contribution < 1.29 is 14.3 Å². The summed E-state index contributed by atoms with van der Waals surface area (Å²) in [5.41, 5.74) is 0. The largest absolute Gasteiger partial charge is 0.449 e. The SMILES string of the molecule is CCOC1(C)NC(=O)C=C(C)O1. The van der Waals surface area contributed by atoms with Crippen LogP contribution in [0.5, 0.6) is 0 Å². The summed E-state index contributed by atoms with van der Waals surface area (Å²) in [7, 11) is 0. The molecule has 0 aromatic rings. The quantitative estimate of drug-likeness (QED) is 0.666. The van der Waals surface area contributed by atoms with Gasteiger partial charge in [-0.1, -0.05) is 0 Å². The van der Waals surface area contributed by atoms with Crippen molar-refractivity contribution in [1.82, 2.24) is 5.32 Å². The van der Waals surface area contributed by atoms with Gasteiger partial charge in [0.25, 0.3) is 11.8 Å². The molecule has 4 heteroatoms. The molecule has 1 atom stereocenters. The Balaban J connectivity index is 2.71. The summed E-state index contributed by atoms with van der Waals surface area (Å²) in [5, 5.41) is 2.56. The number of carbonyl (C=O) groups is 1. The lowest BCUT2D eigenvalue weighted by molar-refractivity contribution is -0.224. The van der Waals surface area contributed by atoms with E-state index in [1.54, 1.807) is 13.8 Å². The van der Waals surface area contributed by atoms with Crippen molar-refractivity contribution in [2.45, 2.75) is 26.7 Å². The maximum atomic E-state index is 11.0. The van der Waals surface area contributed by atoms with E-state index in [0.717, 1.165) is 0 Å². The fourth-order valence-electron chi connectivity index (χ4n) is 1.15. The van der Waals surface area contributed by atoms with Crippen molar-refractivity contribution in [1.29, 1.82) is 0 Å². The first-order valence-electron chi connectivity index (χ1n) is 3.89. The molecular formula is C8H13NO3. The second-order valence-corrected chi connectivity index (χ2v) is 2.73. The van der Waals surface area contributed by atoms with Crippen LogP contribution in [-0.2, 0) is 14.3 Å². The Morgan fingerprint density at radius 2 is 2.42 bits per heavy atom. The second-order valence-electron chi connectivity index (χ2n) is 2.73. The number of carbonyl (C=O) groups excluding carboxylic acids is 1. The molecule has 0 aliphatic carbocycles. The predicted molar refractivity (Wildman–Crippen MR) is 43.0 cm³/mol. The van der Waals surface area contributed by atoms with E-state index in [4.69, 9.17) is 9.47 Å². The topological polar surface area (TPSA) is 47.6 Å². The van der Waals surface area contributed by atoms with E-state index >= 15 is 0 Å². The Morgan fingerprint density at radius 3 is 2.92 bits per heavy atom. The molecule has 0 bridgehead atoms. The third kappa shape index (κ3) is 1.98. The van der Waals surface area contributed by atoms with E-state index in [1.807, 2.05) is 6.92 Å². The van der Waals surface area contributed by atoms with Crippen LogP contribution < -0.4 is 5.32 Å². The first kappa shape index (κ1) is 9.06. The molecule has 0 radical (unpaired) electrons. The molecule has 1 aliphatic rings. The van der Waals surface area contributed by atoms with Gasteiger partial charge in [0, 0.05) is 13.0 Å². The van der Waals surface area contributed by atoms with Crippen LogP contribution in [0.2, 0.25) is 0 Å². The average Bonchev–Trinajstić information content (AvgIpc) is 1.82. The minimum absolute atomic E-state index is 0.185. The van der Waals surface area contributed by atoms with Crippen molar-refractivity contribution in [3.63, 3.8) is 0 Å². The minimum atomic E-state index is -0.995. The lowest BCUT2D eigenvalue weighted by Gasteiger charge is -2.33. The van der Waals surface area contributed by atoms with Crippen molar-refractivity contribution in [2.75, 3.05) is 6.61 Å². The van der Waals surface area contributed by atoms with Gasteiger partial charge in [0.05, 0.1) is 6.61 Å². The molecule has 1 aliphatic heterocycles. The van der Waals surface area contributed by atoms with Gasteiger partial charge in [-0.25, -0.2) is 0 Å². The summed E-state index contributed by atoms with van der Waals surface area (Å²) >= 11 is 0. The van der Waals surface area contributed by atoms with Crippen LogP contribution in [0.4, 0.5) is 0 Å². The van der Waals surface area contributed by atoms with Crippen molar-refractivity contribution in [3.05, 3.63) is 11.8 Å². The molecule has 12 heavy (non-hydrogen) atoms. The summed E-state index contributed by atoms with van der Waals surface area (Å²) in [6.07, 6.45) is 1.39. The Labute approximate surface area is 71.5 Å². The maximum absolute atomic E-state index is 11.0. The fourth-order valence-corrected chi connectivity index (χ4v) is 1.15. The summed E-state index contributed by atoms with van der Waals surface area (Å²) in [5.74, 6) is -0.616. The van der Waals surface area contributed by atoms with E-state index in [2.05, 4.69) is 5.32 Å². The van der Waals surface area contributed by atoms with Gasteiger partial charge in [-0.2, -0.15) is 0 Å². The molecule has 0 aromatic heterocycles. The van der Waals surface area contributed by atoms with E-state index in [-0.39, 0.29) is 5.91 Å². The van der Waals surface area contributed by atoms with Gasteiger partial charge in [-0.15, -0.1) is 0 Å². The number of ether oxygens (including phenoxy) is 2. The first-order valence-corrected chi connectivity index (χ1v) is 3.89. The van der Waals surface area contributed by atoms with Gasteiger partial charge in [0.2, 0.25) is 0 Å². The molecule has 1 amide bonds. The molecule has 0 spiro atoms. The summed E-state index contributed by atoms with van der Waals surface area (Å²) < 4.78 is 10.5. The highest BCUT2D eigenvalue weighted by molar-refractivity contribution is 5.88. The Hall–Kier alpha value is -1.03. The zero-order valence-corrected chi connectivity index (χ0v) is 7.51. The van der Waals surface area contributed by atoms with Crippen LogP contribution in [-0.4, -0.2) is 18.4 Å². The molecule has 1 heterocycles. The monoisotopic (exact) mass is 171 g/mol. The molecular weight excluding hydrogens is 158 g/mol. The van der Waals surface area contributed by atoms with Crippen LogP contribution in [0, 0.1) is 0 Å². The second kappa shape index (κ2) is 3.15. The predicted octanol–water partition coefficient (Wildman–Crippen LogP) is 0.747. The van der Waals surface area contributed by atoms with Gasteiger partial charge in [-0.05, 0) is 13.8 Å². The molecule has 0 saturated heterocycles.